The fraction of sp³-hybridized carbons (Fsp3) is 0. The number of rotatable bonds is 2. The van der Waals surface area contributed by atoms with Gasteiger partial charge in [0.2, 0.25) is 0 Å². The number of fused-ring (bicyclic) bond motifs is 2. The van der Waals surface area contributed by atoms with E-state index < -0.39 is 11.9 Å². The van der Waals surface area contributed by atoms with Crippen LogP contribution < -0.4 is 0 Å². The predicted molar refractivity (Wildman–Crippen MR) is 103 cm³/mol. The SMILES string of the molecule is O=C(OC(=O)c1cccc2ccccc12)c1cccc2ccccc12.[Na]. The van der Waals surface area contributed by atoms with E-state index in [9.17, 15) is 9.59 Å². The van der Waals surface area contributed by atoms with Gasteiger partial charge in [-0.25, -0.2) is 9.59 Å². The zero-order chi connectivity index (χ0) is 17.2. The summed E-state index contributed by atoms with van der Waals surface area (Å²) in [5.74, 6) is -1.29. The molecule has 0 unspecified atom stereocenters. The topological polar surface area (TPSA) is 43.4 Å². The molecule has 0 heterocycles. The summed E-state index contributed by atoms with van der Waals surface area (Å²) in [6.07, 6.45) is 0. The van der Waals surface area contributed by atoms with Crippen molar-refractivity contribution in [1.29, 1.82) is 0 Å². The van der Waals surface area contributed by atoms with Gasteiger partial charge in [0.15, 0.2) is 0 Å². The Morgan fingerprint density at radius 3 is 1.38 bits per heavy atom. The standard InChI is InChI=1S/C22H14O3.Na/c23-21(19-13-5-9-15-7-1-3-11-17(15)19)25-22(24)20-14-6-10-16-8-2-4-12-18(16)20;/h1-14H;. The van der Waals surface area contributed by atoms with Crippen molar-refractivity contribution in [2.45, 2.75) is 0 Å². The quantitative estimate of drug-likeness (QED) is 0.302. The number of ether oxygens (including phenoxy) is 1. The van der Waals surface area contributed by atoms with Gasteiger partial charge < -0.3 is 4.74 Å². The molecule has 4 rings (SSSR count). The summed E-state index contributed by atoms with van der Waals surface area (Å²) in [5.41, 5.74) is 0.762. The molecular weight excluding hydrogens is 335 g/mol. The first-order chi connectivity index (χ1) is 12.2. The second kappa shape index (κ2) is 7.83. The molecule has 0 spiro atoms. The molecule has 0 bridgehead atoms. The monoisotopic (exact) mass is 349 g/mol. The summed E-state index contributed by atoms with van der Waals surface area (Å²) in [6, 6.07) is 25.7. The summed E-state index contributed by atoms with van der Waals surface area (Å²) in [4.78, 5) is 25.1. The van der Waals surface area contributed by atoms with E-state index in [0.29, 0.717) is 11.1 Å². The summed E-state index contributed by atoms with van der Waals surface area (Å²) in [6.45, 7) is 0. The minimum Gasteiger partial charge on any atom is -0.386 e. The molecule has 26 heavy (non-hydrogen) atoms. The Labute approximate surface area is 172 Å². The van der Waals surface area contributed by atoms with E-state index >= 15 is 0 Å². The van der Waals surface area contributed by atoms with Crippen LogP contribution in [0.2, 0.25) is 0 Å². The Morgan fingerprint density at radius 1 is 0.538 bits per heavy atom. The molecule has 3 nitrogen and oxygen atoms in total. The zero-order valence-electron chi connectivity index (χ0n) is 14.3. The summed E-state index contributed by atoms with van der Waals surface area (Å²) in [7, 11) is 0. The molecule has 0 aliphatic heterocycles. The summed E-state index contributed by atoms with van der Waals surface area (Å²) in [5, 5.41) is 3.38. The second-order valence-electron chi connectivity index (χ2n) is 5.73. The number of hydrogen-bond donors (Lipinski definition) is 0. The molecule has 4 aromatic carbocycles. The molecule has 4 heteroatoms. The third-order valence-electron chi connectivity index (χ3n) is 4.20. The normalized spacial score (nSPS) is 10.3. The second-order valence-corrected chi connectivity index (χ2v) is 5.73. The van der Waals surface area contributed by atoms with Crippen LogP contribution in [-0.4, -0.2) is 41.5 Å². The maximum absolute atomic E-state index is 12.5. The Balaban J connectivity index is 0.00000196. The van der Waals surface area contributed by atoms with Crippen LogP contribution in [0.5, 0.6) is 0 Å². The third kappa shape index (κ3) is 3.42. The molecule has 0 fully saturated rings. The maximum atomic E-state index is 12.5. The Kier molecular flexibility index (Phi) is 5.52. The first kappa shape index (κ1) is 18.3. The van der Waals surface area contributed by atoms with Crippen molar-refractivity contribution in [1.82, 2.24) is 0 Å². The molecule has 0 aliphatic carbocycles. The van der Waals surface area contributed by atoms with Crippen molar-refractivity contribution in [3.05, 3.63) is 96.1 Å². The molecular formula is C22H14NaO3. The molecule has 0 aromatic heterocycles. The van der Waals surface area contributed by atoms with E-state index in [1.807, 2.05) is 60.7 Å². The van der Waals surface area contributed by atoms with Gasteiger partial charge in [0.25, 0.3) is 0 Å². The minimum absolute atomic E-state index is 0. The van der Waals surface area contributed by atoms with Crippen LogP contribution in [-0.2, 0) is 4.74 Å². The van der Waals surface area contributed by atoms with E-state index in [4.69, 9.17) is 4.74 Å². The van der Waals surface area contributed by atoms with Crippen LogP contribution in [0.25, 0.3) is 21.5 Å². The van der Waals surface area contributed by atoms with Crippen molar-refractivity contribution in [3.63, 3.8) is 0 Å². The van der Waals surface area contributed by atoms with Crippen LogP contribution in [0.4, 0.5) is 0 Å². The molecule has 0 saturated carbocycles. The Morgan fingerprint density at radius 2 is 0.923 bits per heavy atom. The van der Waals surface area contributed by atoms with E-state index in [0.717, 1.165) is 21.5 Å². The van der Waals surface area contributed by atoms with Crippen LogP contribution in [0.15, 0.2) is 84.9 Å². The van der Waals surface area contributed by atoms with Crippen LogP contribution >= 0.6 is 0 Å². The fourth-order valence-electron chi connectivity index (χ4n) is 3.00. The van der Waals surface area contributed by atoms with Crippen LogP contribution in [0.1, 0.15) is 20.7 Å². The summed E-state index contributed by atoms with van der Waals surface area (Å²) >= 11 is 0. The summed E-state index contributed by atoms with van der Waals surface area (Å²) < 4.78 is 5.16. The van der Waals surface area contributed by atoms with E-state index in [-0.39, 0.29) is 29.6 Å². The van der Waals surface area contributed by atoms with Crippen molar-refractivity contribution >= 4 is 63.0 Å². The van der Waals surface area contributed by atoms with Crippen molar-refractivity contribution in [3.8, 4) is 0 Å². The van der Waals surface area contributed by atoms with Gasteiger partial charge in [-0.1, -0.05) is 72.8 Å². The first-order valence-corrected chi connectivity index (χ1v) is 7.96. The molecule has 0 amide bonds. The molecule has 0 atom stereocenters. The van der Waals surface area contributed by atoms with Gasteiger partial charge in [-0.3, -0.25) is 0 Å². The van der Waals surface area contributed by atoms with E-state index in [2.05, 4.69) is 0 Å². The van der Waals surface area contributed by atoms with Gasteiger partial charge in [0.1, 0.15) is 0 Å². The van der Waals surface area contributed by atoms with Crippen LogP contribution in [0.3, 0.4) is 0 Å². The van der Waals surface area contributed by atoms with Gasteiger partial charge >= 0.3 is 11.9 Å². The smallest absolute Gasteiger partial charge is 0.346 e. The molecule has 0 saturated heterocycles. The number of carbonyl (C=O) groups is 2. The molecule has 4 aromatic rings. The average Bonchev–Trinajstić information content (AvgIpc) is 2.67. The van der Waals surface area contributed by atoms with Gasteiger partial charge in [-0.15, -0.1) is 0 Å². The molecule has 1 radical (unpaired) electrons. The largest absolute Gasteiger partial charge is 0.386 e. The van der Waals surface area contributed by atoms with Crippen LogP contribution in [0, 0.1) is 0 Å². The average molecular weight is 349 g/mol. The first-order valence-electron chi connectivity index (χ1n) is 7.96. The molecule has 121 valence electrons. The number of carbonyl (C=O) groups excluding carboxylic acids is 2. The van der Waals surface area contributed by atoms with Gasteiger partial charge in [-0.05, 0) is 33.7 Å². The minimum atomic E-state index is -0.644. The fourth-order valence-corrected chi connectivity index (χ4v) is 3.00. The predicted octanol–water partition coefficient (Wildman–Crippen LogP) is 4.61. The Bertz CT molecular complexity index is 1020. The van der Waals surface area contributed by atoms with Gasteiger partial charge in [0.05, 0.1) is 11.1 Å². The van der Waals surface area contributed by atoms with E-state index in [1.54, 1.807) is 24.3 Å². The Hall–Kier alpha value is -2.46. The maximum Gasteiger partial charge on any atom is 0.346 e. The zero-order valence-corrected chi connectivity index (χ0v) is 16.3. The van der Waals surface area contributed by atoms with Gasteiger partial charge in [-0.2, -0.15) is 0 Å². The van der Waals surface area contributed by atoms with Crippen molar-refractivity contribution in [2.24, 2.45) is 0 Å². The van der Waals surface area contributed by atoms with E-state index in [1.165, 1.54) is 0 Å². The number of hydrogen-bond acceptors (Lipinski definition) is 3. The van der Waals surface area contributed by atoms with Crippen molar-refractivity contribution in [2.75, 3.05) is 0 Å². The third-order valence-corrected chi connectivity index (χ3v) is 4.20. The molecule has 0 N–H and O–H groups in total. The number of esters is 2. The van der Waals surface area contributed by atoms with Gasteiger partial charge in [0, 0.05) is 29.6 Å². The number of benzene rings is 4. The van der Waals surface area contributed by atoms with Crippen molar-refractivity contribution < 1.29 is 14.3 Å². The molecule has 0 aliphatic rings.